The minimum Gasteiger partial charge on any atom is -0.311 e. The van der Waals surface area contributed by atoms with Crippen molar-refractivity contribution in [3.8, 4) is 0 Å². The van der Waals surface area contributed by atoms with Crippen LogP contribution in [0.2, 0.25) is 0 Å². The van der Waals surface area contributed by atoms with E-state index in [4.69, 9.17) is 11.6 Å². The summed E-state index contributed by atoms with van der Waals surface area (Å²) in [7, 11) is 0. The molecule has 1 aromatic carbocycles. The molecule has 0 radical (unpaired) electrons. The number of Topliss-reactive ketones (excluding diaryl/α,β-unsaturated/α-hetero) is 1. The second kappa shape index (κ2) is 3.84. The van der Waals surface area contributed by atoms with Crippen LogP contribution in [0.1, 0.15) is 28.8 Å². The Morgan fingerprint density at radius 1 is 1.24 bits per heavy atom. The highest BCUT2D eigenvalue weighted by molar-refractivity contribution is 6.24. The summed E-state index contributed by atoms with van der Waals surface area (Å²) < 4.78 is 0. The van der Waals surface area contributed by atoms with Crippen molar-refractivity contribution in [3.05, 3.63) is 29.3 Å². The zero-order chi connectivity index (χ0) is 12.0. The molecule has 0 N–H and O–H groups in total. The maximum Gasteiger partial charge on any atom is 0.228 e. The van der Waals surface area contributed by atoms with Gasteiger partial charge in [0.25, 0.3) is 0 Å². The summed E-state index contributed by atoms with van der Waals surface area (Å²) in [6.45, 7) is 0.563. The zero-order valence-corrected chi connectivity index (χ0v) is 10.0. The second-order valence-electron chi connectivity index (χ2n) is 4.57. The number of carbonyl (C=O) groups excluding carboxylic acids is 2. The largest absolute Gasteiger partial charge is 0.311 e. The summed E-state index contributed by atoms with van der Waals surface area (Å²) in [6.07, 6.45) is 1.77. The number of amides is 1. The van der Waals surface area contributed by atoms with Crippen molar-refractivity contribution in [2.45, 2.75) is 24.6 Å². The van der Waals surface area contributed by atoms with Crippen molar-refractivity contribution in [3.63, 3.8) is 0 Å². The van der Waals surface area contributed by atoms with E-state index in [1.165, 1.54) is 0 Å². The molecule has 1 aromatic rings. The Labute approximate surface area is 104 Å². The first-order valence-corrected chi connectivity index (χ1v) is 6.19. The van der Waals surface area contributed by atoms with Crippen molar-refractivity contribution in [2.75, 3.05) is 11.4 Å². The van der Waals surface area contributed by atoms with Gasteiger partial charge in [-0.05, 0) is 30.2 Å². The fourth-order valence-corrected chi connectivity index (χ4v) is 2.79. The van der Waals surface area contributed by atoms with Gasteiger partial charge in [0.15, 0.2) is 5.78 Å². The number of hydrogen-bond acceptors (Lipinski definition) is 2. The van der Waals surface area contributed by atoms with Crippen molar-refractivity contribution in [1.29, 1.82) is 0 Å². The molecule has 0 bridgehead atoms. The van der Waals surface area contributed by atoms with Crippen LogP contribution in [0.5, 0.6) is 0 Å². The molecule has 1 aliphatic carbocycles. The van der Waals surface area contributed by atoms with Gasteiger partial charge in [0.05, 0.1) is 5.38 Å². The number of benzene rings is 1. The van der Waals surface area contributed by atoms with Crippen LogP contribution in [0.3, 0.4) is 0 Å². The topological polar surface area (TPSA) is 37.4 Å². The Bertz CT molecular complexity index is 512. The first kappa shape index (κ1) is 10.8. The van der Waals surface area contributed by atoms with Crippen molar-refractivity contribution >= 4 is 29.0 Å². The molecule has 0 saturated carbocycles. The minimum atomic E-state index is -0.0996. The Balaban J connectivity index is 1.95. The molecular weight excluding hydrogens is 238 g/mol. The lowest BCUT2D eigenvalue weighted by molar-refractivity contribution is -0.117. The van der Waals surface area contributed by atoms with E-state index in [9.17, 15) is 9.59 Å². The molecule has 1 atom stereocenters. The summed E-state index contributed by atoms with van der Waals surface area (Å²) >= 11 is 5.98. The van der Waals surface area contributed by atoms with Crippen LogP contribution in [-0.2, 0) is 11.2 Å². The van der Waals surface area contributed by atoms with Crippen LogP contribution in [0.15, 0.2) is 18.2 Å². The van der Waals surface area contributed by atoms with Gasteiger partial charge in [-0.25, -0.2) is 0 Å². The van der Waals surface area contributed by atoms with Crippen LogP contribution in [0.25, 0.3) is 0 Å². The Hall–Kier alpha value is -1.35. The molecule has 1 saturated heterocycles. The highest BCUT2D eigenvalue weighted by Gasteiger charge is 2.30. The lowest BCUT2D eigenvalue weighted by Crippen LogP contribution is -2.24. The predicted molar refractivity (Wildman–Crippen MR) is 65.7 cm³/mol. The molecule has 0 aromatic heterocycles. The summed E-state index contributed by atoms with van der Waals surface area (Å²) in [5.41, 5.74) is 2.73. The smallest absolute Gasteiger partial charge is 0.228 e. The molecule has 0 spiro atoms. The first-order chi connectivity index (χ1) is 8.15. The normalized spacial score (nSPS) is 23.4. The Kier molecular flexibility index (Phi) is 2.44. The second-order valence-corrected chi connectivity index (χ2v) is 5.19. The Morgan fingerprint density at radius 3 is 2.76 bits per heavy atom. The number of halogens is 1. The average Bonchev–Trinajstić information content (AvgIpc) is 2.82. The van der Waals surface area contributed by atoms with E-state index in [-0.39, 0.29) is 17.1 Å². The lowest BCUT2D eigenvalue weighted by Gasteiger charge is -2.16. The van der Waals surface area contributed by atoms with Crippen LogP contribution >= 0.6 is 11.6 Å². The number of nitrogens with zero attached hydrogens (tertiary/aromatic N) is 1. The fraction of sp³-hybridized carbons (Fsp3) is 0.385. The van der Waals surface area contributed by atoms with Gasteiger partial charge in [-0.3, -0.25) is 9.59 Å². The van der Waals surface area contributed by atoms with Crippen LogP contribution in [0, 0.1) is 0 Å². The molecule has 1 amide bonds. The molecule has 1 aliphatic heterocycles. The quantitative estimate of drug-likeness (QED) is 0.716. The van der Waals surface area contributed by atoms with E-state index in [2.05, 4.69) is 0 Å². The van der Waals surface area contributed by atoms with E-state index >= 15 is 0 Å². The summed E-state index contributed by atoms with van der Waals surface area (Å²) in [4.78, 5) is 24.9. The van der Waals surface area contributed by atoms with Crippen molar-refractivity contribution in [1.82, 2.24) is 0 Å². The van der Waals surface area contributed by atoms with E-state index < -0.39 is 0 Å². The highest BCUT2D eigenvalue weighted by atomic mass is 35.5. The molecule has 4 heteroatoms. The number of anilines is 1. The van der Waals surface area contributed by atoms with Crippen LogP contribution in [0.4, 0.5) is 5.69 Å². The third-order valence-electron chi connectivity index (χ3n) is 3.40. The molecule has 1 unspecified atom stereocenters. The minimum absolute atomic E-state index is 0.0641. The number of aryl methyl sites for hydroxylation is 1. The molecule has 3 nitrogen and oxygen atoms in total. The van der Waals surface area contributed by atoms with Gasteiger partial charge in [-0.2, -0.15) is 0 Å². The monoisotopic (exact) mass is 249 g/mol. The van der Waals surface area contributed by atoms with E-state index in [1.807, 2.05) is 18.2 Å². The fourth-order valence-electron chi connectivity index (χ4n) is 2.52. The average molecular weight is 250 g/mol. The summed E-state index contributed by atoms with van der Waals surface area (Å²) in [5, 5.41) is -0.0996. The van der Waals surface area contributed by atoms with E-state index in [0.29, 0.717) is 19.4 Å². The van der Waals surface area contributed by atoms with E-state index in [1.54, 1.807) is 4.90 Å². The third-order valence-corrected chi connectivity index (χ3v) is 3.69. The summed E-state index contributed by atoms with van der Waals surface area (Å²) in [5.74, 6) is 0.267. The number of carbonyl (C=O) groups is 2. The SMILES string of the molecule is O=C1CCc2cc(N3CC(Cl)CC3=O)ccc21. The third kappa shape index (κ3) is 1.75. The summed E-state index contributed by atoms with van der Waals surface area (Å²) in [6, 6.07) is 5.62. The van der Waals surface area contributed by atoms with Gasteiger partial charge in [-0.15, -0.1) is 11.6 Å². The number of hydrogen-bond donors (Lipinski definition) is 0. The molecule has 1 heterocycles. The van der Waals surface area contributed by atoms with Crippen molar-refractivity contribution in [2.24, 2.45) is 0 Å². The number of fused-ring (bicyclic) bond motifs is 1. The van der Waals surface area contributed by atoms with Gasteiger partial charge in [-0.1, -0.05) is 0 Å². The standard InChI is InChI=1S/C13H12ClNO2/c14-9-6-13(17)15(7-9)10-2-3-11-8(5-10)1-4-12(11)16/h2-3,5,9H,1,4,6-7H2. The molecule has 2 aliphatic rings. The number of ketones is 1. The number of alkyl halides is 1. The highest BCUT2D eigenvalue weighted by Crippen LogP contribution is 2.30. The Morgan fingerprint density at radius 2 is 2.06 bits per heavy atom. The van der Waals surface area contributed by atoms with Gasteiger partial charge in [0.2, 0.25) is 5.91 Å². The van der Waals surface area contributed by atoms with E-state index in [0.717, 1.165) is 23.2 Å². The van der Waals surface area contributed by atoms with Gasteiger partial charge in [0, 0.05) is 30.6 Å². The lowest BCUT2D eigenvalue weighted by atomic mass is 10.1. The number of rotatable bonds is 1. The van der Waals surface area contributed by atoms with Gasteiger partial charge >= 0.3 is 0 Å². The zero-order valence-electron chi connectivity index (χ0n) is 9.28. The van der Waals surface area contributed by atoms with Crippen LogP contribution < -0.4 is 4.90 Å². The maximum atomic E-state index is 11.7. The molecule has 17 heavy (non-hydrogen) atoms. The maximum absolute atomic E-state index is 11.7. The molecule has 88 valence electrons. The van der Waals surface area contributed by atoms with Crippen LogP contribution in [-0.4, -0.2) is 23.6 Å². The molecule has 3 rings (SSSR count). The molecular formula is C13H12ClNO2. The van der Waals surface area contributed by atoms with Gasteiger partial charge < -0.3 is 4.90 Å². The first-order valence-electron chi connectivity index (χ1n) is 5.76. The predicted octanol–water partition coefficient (Wildman–Crippen LogP) is 2.16. The van der Waals surface area contributed by atoms with Crippen molar-refractivity contribution < 1.29 is 9.59 Å². The van der Waals surface area contributed by atoms with Gasteiger partial charge in [0.1, 0.15) is 0 Å². The molecule has 1 fully saturated rings.